The first-order valence-electron chi connectivity index (χ1n) is 6.31. The number of hydrogen-bond acceptors (Lipinski definition) is 4. The van der Waals surface area contributed by atoms with E-state index in [1.165, 1.54) is 12.5 Å². The standard InChI is InChI=1S/C11H20N4O2S/c1-2-15(10-5-3-9(12)4-6-10)18(16,17)11-7-13-8-14-11/h7-10H,2-6,12H2,1H3,(H,13,14). The van der Waals surface area contributed by atoms with Gasteiger partial charge in [0.2, 0.25) is 0 Å². The normalized spacial score (nSPS) is 25.5. The van der Waals surface area contributed by atoms with Gasteiger partial charge in [-0.05, 0) is 25.7 Å². The Morgan fingerprint density at radius 3 is 2.61 bits per heavy atom. The number of H-pyrrole nitrogens is 1. The number of nitrogens with one attached hydrogen (secondary N) is 1. The monoisotopic (exact) mass is 272 g/mol. The molecular weight excluding hydrogens is 252 g/mol. The first kappa shape index (κ1) is 13.5. The molecule has 0 aliphatic heterocycles. The number of nitrogens with zero attached hydrogens (tertiary/aromatic N) is 2. The maximum atomic E-state index is 12.4. The van der Waals surface area contributed by atoms with E-state index in [1.807, 2.05) is 6.92 Å². The van der Waals surface area contributed by atoms with Gasteiger partial charge in [0.25, 0.3) is 10.0 Å². The summed E-state index contributed by atoms with van der Waals surface area (Å²) >= 11 is 0. The molecule has 7 heteroatoms. The van der Waals surface area contributed by atoms with E-state index in [1.54, 1.807) is 4.31 Å². The van der Waals surface area contributed by atoms with Gasteiger partial charge in [-0.3, -0.25) is 0 Å². The van der Waals surface area contributed by atoms with E-state index in [-0.39, 0.29) is 17.1 Å². The molecule has 102 valence electrons. The Balaban J connectivity index is 2.18. The second-order valence-corrected chi connectivity index (χ2v) is 6.55. The number of nitrogens with two attached hydrogens (primary N) is 1. The third-order valence-electron chi connectivity index (χ3n) is 3.52. The van der Waals surface area contributed by atoms with Crippen LogP contribution in [0.3, 0.4) is 0 Å². The molecule has 1 saturated carbocycles. The first-order valence-corrected chi connectivity index (χ1v) is 7.75. The smallest absolute Gasteiger partial charge is 0.260 e. The van der Waals surface area contributed by atoms with Gasteiger partial charge in [-0.15, -0.1) is 0 Å². The minimum Gasteiger partial charge on any atom is -0.335 e. The summed E-state index contributed by atoms with van der Waals surface area (Å²) in [7, 11) is -3.45. The molecule has 0 bridgehead atoms. The summed E-state index contributed by atoms with van der Waals surface area (Å²) in [4.78, 5) is 6.46. The van der Waals surface area contributed by atoms with Gasteiger partial charge in [-0.2, -0.15) is 4.31 Å². The number of sulfonamides is 1. The number of aromatic nitrogens is 2. The molecule has 0 atom stereocenters. The van der Waals surface area contributed by atoms with Crippen molar-refractivity contribution in [3.05, 3.63) is 12.5 Å². The van der Waals surface area contributed by atoms with Crippen LogP contribution in [0.1, 0.15) is 32.6 Å². The molecule has 1 aromatic heterocycles. The summed E-state index contributed by atoms with van der Waals surface area (Å²) in [6, 6.07) is 0.276. The highest BCUT2D eigenvalue weighted by atomic mass is 32.2. The zero-order valence-corrected chi connectivity index (χ0v) is 11.4. The van der Waals surface area contributed by atoms with Gasteiger partial charge >= 0.3 is 0 Å². The Labute approximate surface area is 108 Å². The zero-order chi connectivity index (χ0) is 13.2. The van der Waals surface area contributed by atoms with Crippen molar-refractivity contribution in [3.63, 3.8) is 0 Å². The van der Waals surface area contributed by atoms with Crippen molar-refractivity contribution in [2.75, 3.05) is 6.54 Å². The Kier molecular flexibility index (Phi) is 4.04. The quantitative estimate of drug-likeness (QED) is 0.843. The van der Waals surface area contributed by atoms with Crippen LogP contribution in [-0.2, 0) is 10.0 Å². The third-order valence-corrected chi connectivity index (χ3v) is 5.47. The highest BCUT2D eigenvalue weighted by Crippen LogP contribution is 2.26. The SMILES string of the molecule is CCN(C1CCC(N)CC1)S(=O)(=O)c1cnc[nH]1. The average molecular weight is 272 g/mol. The van der Waals surface area contributed by atoms with Crippen LogP contribution >= 0.6 is 0 Å². The third kappa shape index (κ3) is 2.57. The fourth-order valence-corrected chi connectivity index (χ4v) is 4.12. The number of aromatic amines is 1. The fraction of sp³-hybridized carbons (Fsp3) is 0.727. The van der Waals surface area contributed by atoms with Crippen molar-refractivity contribution in [2.45, 2.75) is 49.7 Å². The Morgan fingerprint density at radius 2 is 2.11 bits per heavy atom. The predicted octanol–water partition coefficient (Wildman–Crippen LogP) is 0.690. The van der Waals surface area contributed by atoms with Gasteiger partial charge in [-0.25, -0.2) is 13.4 Å². The lowest BCUT2D eigenvalue weighted by molar-refractivity contribution is 0.246. The van der Waals surface area contributed by atoms with Crippen LogP contribution in [0.15, 0.2) is 17.6 Å². The summed E-state index contributed by atoms with van der Waals surface area (Å²) in [6.07, 6.45) is 6.19. The van der Waals surface area contributed by atoms with E-state index in [4.69, 9.17) is 5.73 Å². The summed E-state index contributed by atoms with van der Waals surface area (Å²) < 4.78 is 26.4. The number of rotatable bonds is 4. The van der Waals surface area contributed by atoms with Crippen LogP contribution in [0.4, 0.5) is 0 Å². The molecule has 1 fully saturated rings. The predicted molar refractivity (Wildman–Crippen MR) is 68.4 cm³/mol. The molecule has 0 unspecified atom stereocenters. The second-order valence-electron chi connectivity index (χ2n) is 4.69. The summed E-state index contributed by atoms with van der Waals surface area (Å²) in [5.41, 5.74) is 5.86. The molecule has 1 aromatic rings. The Bertz CT molecular complexity index is 463. The lowest BCUT2D eigenvalue weighted by Gasteiger charge is -2.34. The molecule has 1 heterocycles. The molecule has 3 N–H and O–H groups in total. The van der Waals surface area contributed by atoms with Crippen LogP contribution in [0.25, 0.3) is 0 Å². The Hall–Kier alpha value is -0.920. The first-order chi connectivity index (χ1) is 8.55. The van der Waals surface area contributed by atoms with E-state index in [0.29, 0.717) is 6.54 Å². The van der Waals surface area contributed by atoms with Crippen molar-refractivity contribution in [1.29, 1.82) is 0 Å². The van der Waals surface area contributed by atoms with Gasteiger partial charge in [0.1, 0.15) is 0 Å². The molecule has 2 rings (SSSR count). The van der Waals surface area contributed by atoms with E-state index in [0.717, 1.165) is 25.7 Å². The molecule has 0 saturated heterocycles. The lowest BCUT2D eigenvalue weighted by Crippen LogP contribution is -2.44. The minimum absolute atomic E-state index is 0.0584. The van der Waals surface area contributed by atoms with Gasteiger partial charge in [0.05, 0.1) is 12.5 Å². The lowest BCUT2D eigenvalue weighted by atomic mass is 9.92. The van der Waals surface area contributed by atoms with Crippen molar-refractivity contribution >= 4 is 10.0 Å². The molecule has 0 aromatic carbocycles. The number of imidazole rings is 1. The topological polar surface area (TPSA) is 92.1 Å². The molecule has 1 aliphatic carbocycles. The van der Waals surface area contributed by atoms with Crippen molar-refractivity contribution in [3.8, 4) is 0 Å². The van der Waals surface area contributed by atoms with Crippen LogP contribution in [0, 0.1) is 0 Å². The van der Waals surface area contributed by atoms with Crippen LogP contribution < -0.4 is 5.73 Å². The van der Waals surface area contributed by atoms with Crippen LogP contribution in [-0.4, -0.2) is 41.3 Å². The summed E-state index contributed by atoms with van der Waals surface area (Å²) in [5, 5.41) is 0.166. The molecule has 1 aliphatic rings. The largest absolute Gasteiger partial charge is 0.335 e. The maximum absolute atomic E-state index is 12.4. The molecule has 0 spiro atoms. The highest BCUT2D eigenvalue weighted by molar-refractivity contribution is 7.89. The Morgan fingerprint density at radius 1 is 1.44 bits per heavy atom. The van der Waals surface area contributed by atoms with Gasteiger partial charge in [0.15, 0.2) is 5.03 Å². The van der Waals surface area contributed by atoms with E-state index in [9.17, 15) is 8.42 Å². The van der Waals surface area contributed by atoms with Crippen molar-refractivity contribution in [2.24, 2.45) is 5.73 Å². The zero-order valence-electron chi connectivity index (χ0n) is 10.5. The molecule has 18 heavy (non-hydrogen) atoms. The highest BCUT2D eigenvalue weighted by Gasteiger charge is 2.33. The van der Waals surface area contributed by atoms with Gasteiger partial charge in [0, 0.05) is 18.6 Å². The molecule has 0 radical (unpaired) electrons. The molecule has 6 nitrogen and oxygen atoms in total. The van der Waals surface area contributed by atoms with Crippen molar-refractivity contribution < 1.29 is 8.42 Å². The van der Waals surface area contributed by atoms with Crippen LogP contribution in [0.5, 0.6) is 0 Å². The summed E-state index contributed by atoms with van der Waals surface area (Å²) in [6.45, 7) is 2.34. The number of hydrogen-bond donors (Lipinski definition) is 2. The van der Waals surface area contributed by atoms with E-state index in [2.05, 4.69) is 9.97 Å². The molecule has 0 amide bonds. The fourth-order valence-electron chi connectivity index (χ4n) is 2.52. The summed E-state index contributed by atoms with van der Waals surface area (Å²) in [5.74, 6) is 0. The van der Waals surface area contributed by atoms with Crippen molar-refractivity contribution in [1.82, 2.24) is 14.3 Å². The van der Waals surface area contributed by atoms with Crippen LogP contribution in [0.2, 0.25) is 0 Å². The minimum atomic E-state index is -3.45. The van der Waals surface area contributed by atoms with Gasteiger partial charge < -0.3 is 10.7 Å². The van der Waals surface area contributed by atoms with E-state index < -0.39 is 10.0 Å². The van der Waals surface area contributed by atoms with Gasteiger partial charge in [-0.1, -0.05) is 6.92 Å². The average Bonchev–Trinajstić information content (AvgIpc) is 2.86. The maximum Gasteiger partial charge on any atom is 0.260 e. The van der Waals surface area contributed by atoms with E-state index >= 15 is 0 Å². The second kappa shape index (κ2) is 5.38. The molecular formula is C11H20N4O2S.